The van der Waals surface area contributed by atoms with Crippen LogP contribution >= 0.6 is 0 Å². The number of hydrogen-bond acceptors (Lipinski definition) is 2. The van der Waals surface area contributed by atoms with Crippen molar-refractivity contribution in [2.24, 2.45) is 10.9 Å². The van der Waals surface area contributed by atoms with E-state index >= 15 is 0 Å². The van der Waals surface area contributed by atoms with Crippen LogP contribution in [0.4, 0.5) is 0 Å². The number of rotatable bonds is 5. The predicted octanol–water partition coefficient (Wildman–Crippen LogP) is 2.80. The van der Waals surface area contributed by atoms with Gasteiger partial charge < -0.3 is 15.5 Å². The van der Waals surface area contributed by atoms with Crippen LogP contribution in [-0.2, 0) is 11.2 Å². The van der Waals surface area contributed by atoms with E-state index in [-0.39, 0.29) is 5.92 Å². The molecule has 1 aromatic carbocycles. The van der Waals surface area contributed by atoms with E-state index in [1.165, 1.54) is 29.5 Å². The summed E-state index contributed by atoms with van der Waals surface area (Å²) in [7, 11) is 1.81. The Balaban J connectivity index is 1.43. The van der Waals surface area contributed by atoms with Gasteiger partial charge in [-0.25, -0.2) is 0 Å². The number of guanidine groups is 1. The minimum atomic E-state index is 0.277. The molecule has 1 amide bonds. The molecule has 0 bridgehead atoms. The second-order valence-corrected chi connectivity index (χ2v) is 8.07. The zero-order chi connectivity index (χ0) is 19.2. The Morgan fingerprint density at radius 1 is 1.22 bits per heavy atom. The Hall–Kier alpha value is -2.04. The number of carbonyl (C=O) groups is 1. The number of benzene rings is 1. The van der Waals surface area contributed by atoms with E-state index in [4.69, 9.17) is 0 Å². The molecule has 1 unspecified atom stereocenters. The van der Waals surface area contributed by atoms with Gasteiger partial charge >= 0.3 is 0 Å². The first-order valence-electron chi connectivity index (χ1n) is 10.4. The van der Waals surface area contributed by atoms with Crippen LogP contribution in [0.1, 0.15) is 48.8 Å². The Morgan fingerprint density at radius 3 is 2.70 bits per heavy atom. The summed E-state index contributed by atoms with van der Waals surface area (Å²) in [5.74, 6) is 1.48. The fourth-order valence-electron chi connectivity index (χ4n) is 4.34. The summed E-state index contributed by atoms with van der Waals surface area (Å²) < 4.78 is 0. The topological polar surface area (TPSA) is 56.7 Å². The molecule has 2 N–H and O–H groups in total. The lowest BCUT2D eigenvalue weighted by Gasteiger charge is -2.21. The maximum absolute atomic E-state index is 12.6. The maximum atomic E-state index is 12.6. The highest BCUT2D eigenvalue weighted by molar-refractivity contribution is 5.81. The standard InChI is InChI=1S/C22H34N4O/c1-16-8-9-18(17(2)14-16)10-12-24-22(23-3)25-20-11-13-26(15-20)21(27)19-6-4-5-7-19/h8-9,14,19-20H,4-7,10-13,15H2,1-3H3,(H2,23,24,25). The molecule has 148 valence electrons. The van der Waals surface area contributed by atoms with Crippen molar-refractivity contribution in [3.63, 3.8) is 0 Å². The van der Waals surface area contributed by atoms with Crippen LogP contribution < -0.4 is 10.6 Å². The SMILES string of the molecule is CN=C(NCCc1ccc(C)cc1C)NC1CCN(C(=O)C2CCCC2)C1. The molecule has 1 atom stereocenters. The number of amides is 1. The highest BCUT2D eigenvalue weighted by Gasteiger charge is 2.32. The number of likely N-dealkylation sites (tertiary alicyclic amines) is 1. The van der Waals surface area contributed by atoms with Gasteiger partial charge in [-0.15, -0.1) is 0 Å². The van der Waals surface area contributed by atoms with Crippen LogP contribution in [0.3, 0.4) is 0 Å². The molecule has 3 rings (SSSR count). The van der Waals surface area contributed by atoms with Crippen molar-refractivity contribution < 1.29 is 4.79 Å². The summed E-state index contributed by atoms with van der Waals surface area (Å²) in [6, 6.07) is 6.91. The van der Waals surface area contributed by atoms with Gasteiger partial charge in [-0.3, -0.25) is 9.79 Å². The number of aryl methyl sites for hydroxylation is 2. The second-order valence-electron chi connectivity index (χ2n) is 8.07. The highest BCUT2D eigenvalue weighted by atomic mass is 16.2. The van der Waals surface area contributed by atoms with Crippen molar-refractivity contribution in [2.75, 3.05) is 26.7 Å². The first-order valence-corrected chi connectivity index (χ1v) is 10.4. The van der Waals surface area contributed by atoms with Gasteiger partial charge in [0.25, 0.3) is 0 Å². The fourth-order valence-corrected chi connectivity index (χ4v) is 4.34. The van der Waals surface area contributed by atoms with Crippen LogP contribution in [0.2, 0.25) is 0 Å². The summed E-state index contributed by atoms with van der Waals surface area (Å²) >= 11 is 0. The molecule has 5 heteroatoms. The molecular formula is C22H34N4O. The third-order valence-electron chi connectivity index (χ3n) is 5.95. The molecule has 1 heterocycles. The van der Waals surface area contributed by atoms with Crippen LogP contribution in [0.15, 0.2) is 23.2 Å². The van der Waals surface area contributed by atoms with Gasteiger partial charge in [-0.05, 0) is 50.7 Å². The van der Waals surface area contributed by atoms with E-state index in [1.807, 2.05) is 7.05 Å². The lowest BCUT2D eigenvalue weighted by Crippen LogP contribution is -2.45. The molecule has 2 aliphatic rings. The molecular weight excluding hydrogens is 336 g/mol. The monoisotopic (exact) mass is 370 g/mol. The van der Waals surface area contributed by atoms with E-state index in [0.29, 0.717) is 11.9 Å². The van der Waals surface area contributed by atoms with Gasteiger partial charge in [0.05, 0.1) is 0 Å². The zero-order valence-electron chi connectivity index (χ0n) is 17.1. The summed E-state index contributed by atoms with van der Waals surface area (Å²) in [6.07, 6.45) is 6.55. The summed E-state index contributed by atoms with van der Waals surface area (Å²) in [5.41, 5.74) is 4.02. The van der Waals surface area contributed by atoms with E-state index in [0.717, 1.165) is 51.3 Å². The van der Waals surface area contributed by atoms with Gasteiger partial charge in [0, 0.05) is 38.6 Å². The maximum Gasteiger partial charge on any atom is 0.225 e. The molecule has 0 aromatic heterocycles. The Kier molecular flexibility index (Phi) is 6.75. The zero-order valence-corrected chi connectivity index (χ0v) is 17.1. The van der Waals surface area contributed by atoms with E-state index in [9.17, 15) is 4.79 Å². The quantitative estimate of drug-likeness (QED) is 0.619. The van der Waals surface area contributed by atoms with Crippen LogP contribution in [0, 0.1) is 19.8 Å². The number of aliphatic imine (C=N–C) groups is 1. The highest BCUT2D eigenvalue weighted by Crippen LogP contribution is 2.27. The average Bonchev–Trinajstić information content (AvgIpc) is 3.34. The number of carbonyl (C=O) groups excluding carboxylic acids is 1. The van der Waals surface area contributed by atoms with Gasteiger partial charge in [0.15, 0.2) is 5.96 Å². The van der Waals surface area contributed by atoms with Crippen molar-refractivity contribution >= 4 is 11.9 Å². The molecule has 1 saturated carbocycles. The summed E-state index contributed by atoms with van der Waals surface area (Å²) in [5, 5.41) is 6.92. The van der Waals surface area contributed by atoms with Crippen molar-refractivity contribution in [2.45, 2.75) is 58.4 Å². The Bertz CT molecular complexity index is 679. The fraction of sp³-hybridized carbons (Fsp3) is 0.636. The lowest BCUT2D eigenvalue weighted by molar-refractivity contribution is -0.134. The molecule has 0 radical (unpaired) electrons. The predicted molar refractivity (Wildman–Crippen MR) is 111 cm³/mol. The minimum Gasteiger partial charge on any atom is -0.356 e. The van der Waals surface area contributed by atoms with Crippen LogP contribution in [0.5, 0.6) is 0 Å². The number of nitrogens with one attached hydrogen (secondary N) is 2. The Morgan fingerprint density at radius 2 is 2.00 bits per heavy atom. The van der Waals surface area contributed by atoms with E-state index in [2.05, 4.69) is 52.6 Å². The molecule has 1 saturated heterocycles. The summed E-state index contributed by atoms with van der Waals surface area (Å²) in [4.78, 5) is 19.0. The van der Waals surface area contributed by atoms with E-state index in [1.54, 1.807) is 0 Å². The molecule has 2 fully saturated rings. The first kappa shape index (κ1) is 19.7. The largest absolute Gasteiger partial charge is 0.356 e. The normalized spacial score (nSPS) is 20.9. The molecule has 0 spiro atoms. The van der Waals surface area contributed by atoms with Crippen molar-refractivity contribution in [1.29, 1.82) is 0 Å². The smallest absolute Gasteiger partial charge is 0.225 e. The third kappa shape index (κ3) is 5.24. The van der Waals surface area contributed by atoms with Gasteiger partial charge in [-0.1, -0.05) is 36.6 Å². The molecule has 1 aromatic rings. The van der Waals surface area contributed by atoms with Crippen molar-refractivity contribution in [3.8, 4) is 0 Å². The number of nitrogens with zero attached hydrogens (tertiary/aromatic N) is 2. The second kappa shape index (κ2) is 9.25. The Labute approximate surface area is 163 Å². The summed E-state index contributed by atoms with van der Waals surface area (Å²) in [6.45, 7) is 6.81. The third-order valence-corrected chi connectivity index (χ3v) is 5.95. The number of hydrogen-bond donors (Lipinski definition) is 2. The van der Waals surface area contributed by atoms with E-state index < -0.39 is 0 Å². The van der Waals surface area contributed by atoms with Crippen molar-refractivity contribution in [1.82, 2.24) is 15.5 Å². The van der Waals surface area contributed by atoms with Gasteiger partial charge in [0.1, 0.15) is 0 Å². The molecule has 5 nitrogen and oxygen atoms in total. The van der Waals surface area contributed by atoms with Gasteiger partial charge in [-0.2, -0.15) is 0 Å². The van der Waals surface area contributed by atoms with Crippen LogP contribution in [-0.4, -0.2) is 49.5 Å². The van der Waals surface area contributed by atoms with Crippen molar-refractivity contribution in [3.05, 3.63) is 34.9 Å². The lowest BCUT2D eigenvalue weighted by atomic mass is 10.0. The van der Waals surface area contributed by atoms with Crippen LogP contribution in [0.25, 0.3) is 0 Å². The first-order chi connectivity index (χ1) is 13.1. The molecule has 1 aliphatic carbocycles. The molecule has 1 aliphatic heterocycles. The van der Waals surface area contributed by atoms with Gasteiger partial charge in [0.2, 0.25) is 5.91 Å². The average molecular weight is 371 g/mol. The minimum absolute atomic E-state index is 0.277. The molecule has 27 heavy (non-hydrogen) atoms.